The number of hydrogen-bond donors (Lipinski definition) is 0. The smallest absolute Gasteiger partial charge is 0.203 e. The molecule has 0 radical (unpaired) electrons. The van der Waals surface area contributed by atoms with Gasteiger partial charge in [0.25, 0.3) is 0 Å². The molecule has 13 heavy (non-hydrogen) atoms. The summed E-state index contributed by atoms with van der Waals surface area (Å²) in [5.74, 6) is 0.591. The van der Waals surface area contributed by atoms with E-state index in [1.54, 1.807) is 6.20 Å². The van der Waals surface area contributed by atoms with Gasteiger partial charge in [-0.25, -0.2) is 15.0 Å². The molecular formula is C7H5ClN4S. The molecule has 0 bridgehead atoms. The van der Waals surface area contributed by atoms with E-state index in [1.165, 1.54) is 6.33 Å². The first-order valence-electron chi connectivity index (χ1n) is 3.53. The van der Waals surface area contributed by atoms with Crippen molar-refractivity contribution in [3.05, 3.63) is 22.7 Å². The van der Waals surface area contributed by atoms with Gasteiger partial charge >= 0.3 is 0 Å². The Kier molecular flexibility index (Phi) is 2.20. The van der Waals surface area contributed by atoms with Crippen LogP contribution in [0.5, 0.6) is 0 Å². The van der Waals surface area contributed by atoms with Crippen LogP contribution in [0.2, 0.25) is 4.47 Å². The maximum absolute atomic E-state index is 5.67. The summed E-state index contributed by atoms with van der Waals surface area (Å²) in [4.78, 5) is 12.0. The number of halogens is 1. The molecule has 0 atom stereocenters. The van der Waals surface area contributed by atoms with Crippen molar-refractivity contribution in [1.29, 1.82) is 0 Å². The molecule has 0 aromatic carbocycles. The van der Waals surface area contributed by atoms with E-state index < -0.39 is 0 Å². The normalized spacial score (nSPS) is 10.3. The van der Waals surface area contributed by atoms with Crippen molar-refractivity contribution in [3.63, 3.8) is 0 Å². The van der Waals surface area contributed by atoms with Crippen LogP contribution >= 0.6 is 23.1 Å². The predicted octanol–water partition coefficient (Wildman–Crippen LogP) is 1.96. The Labute approximate surface area is 83.8 Å². The maximum Gasteiger partial charge on any atom is 0.203 e. The van der Waals surface area contributed by atoms with Crippen LogP contribution in [0.25, 0.3) is 11.4 Å². The Hall–Kier alpha value is -1.07. The third-order valence-corrected chi connectivity index (χ3v) is 2.35. The maximum atomic E-state index is 5.67. The highest BCUT2D eigenvalue weighted by molar-refractivity contribution is 7.10. The number of nitrogens with zero attached hydrogens (tertiary/aromatic N) is 4. The Bertz CT molecular complexity index is 428. The zero-order chi connectivity index (χ0) is 9.26. The number of aromatic nitrogens is 4. The van der Waals surface area contributed by atoms with Crippen molar-refractivity contribution < 1.29 is 0 Å². The van der Waals surface area contributed by atoms with Crippen LogP contribution in [0.1, 0.15) is 5.69 Å². The van der Waals surface area contributed by atoms with Gasteiger partial charge in [-0.1, -0.05) is 0 Å². The molecule has 2 heterocycles. The average molecular weight is 213 g/mol. The second-order valence-corrected chi connectivity index (χ2v) is 3.73. The fraction of sp³-hybridized carbons (Fsp3) is 0.143. The molecule has 4 nitrogen and oxygen atoms in total. The fourth-order valence-electron chi connectivity index (χ4n) is 0.925. The molecule has 0 saturated heterocycles. The molecule has 6 heteroatoms. The van der Waals surface area contributed by atoms with E-state index in [2.05, 4.69) is 19.3 Å². The second kappa shape index (κ2) is 3.35. The van der Waals surface area contributed by atoms with Crippen LogP contribution in [0.3, 0.4) is 0 Å². The molecule has 0 unspecified atom stereocenters. The molecular weight excluding hydrogens is 208 g/mol. The summed E-state index contributed by atoms with van der Waals surface area (Å²) >= 11 is 6.82. The van der Waals surface area contributed by atoms with Crippen LogP contribution in [0, 0.1) is 6.92 Å². The van der Waals surface area contributed by atoms with Gasteiger partial charge in [-0.3, -0.25) is 0 Å². The summed E-state index contributed by atoms with van der Waals surface area (Å²) in [6.45, 7) is 1.88. The first kappa shape index (κ1) is 8.52. The van der Waals surface area contributed by atoms with Gasteiger partial charge in [-0.2, -0.15) is 4.37 Å². The van der Waals surface area contributed by atoms with E-state index >= 15 is 0 Å². The van der Waals surface area contributed by atoms with Gasteiger partial charge in [0.2, 0.25) is 4.47 Å². The topological polar surface area (TPSA) is 51.6 Å². The molecule has 2 rings (SSSR count). The van der Waals surface area contributed by atoms with E-state index in [4.69, 9.17) is 11.6 Å². The zero-order valence-electron chi connectivity index (χ0n) is 6.73. The molecule has 0 saturated carbocycles. The molecule has 0 aliphatic heterocycles. The van der Waals surface area contributed by atoms with Crippen molar-refractivity contribution >= 4 is 23.1 Å². The highest BCUT2D eigenvalue weighted by Gasteiger charge is 2.08. The van der Waals surface area contributed by atoms with E-state index in [-0.39, 0.29) is 0 Å². The van der Waals surface area contributed by atoms with Gasteiger partial charge < -0.3 is 0 Å². The fourth-order valence-corrected chi connectivity index (χ4v) is 1.54. The van der Waals surface area contributed by atoms with E-state index in [9.17, 15) is 0 Å². The lowest BCUT2D eigenvalue weighted by Crippen LogP contribution is -1.89. The monoisotopic (exact) mass is 212 g/mol. The molecule has 0 aliphatic carbocycles. The summed E-state index contributed by atoms with van der Waals surface area (Å²) in [6.07, 6.45) is 3.17. The lowest BCUT2D eigenvalue weighted by molar-refractivity contribution is 1.09. The average Bonchev–Trinajstić information content (AvgIpc) is 2.53. The first-order chi connectivity index (χ1) is 6.27. The number of rotatable bonds is 1. The van der Waals surface area contributed by atoms with Crippen LogP contribution in [0.4, 0.5) is 0 Å². The first-order valence-corrected chi connectivity index (χ1v) is 4.68. The number of aryl methyl sites for hydroxylation is 1. The van der Waals surface area contributed by atoms with Gasteiger partial charge in [0.1, 0.15) is 6.33 Å². The van der Waals surface area contributed by atoms with Crippen molar-refractivity contribution in [2.45, 2.75) is 6.92 Å². The molecule has 0 fully saturated rings. The molecule has 0 amide bonds. The Morgan fingerprint density at radius 2 is 2.31 bits per heavy atom. The Morgan fingerprint density at radius 1 is 1.46 bits per heavy atom. The standard InChI is InChI=1S/C7H5ClN4S/c1-4-5(2-9-3-10-4)6-11-7(8)13-12-6/h2-3H,1H3. The SMILES string of the molecule is Cc1ncncc1-c1nsc(Cl)n1. The van der Waals surface area contributed by atoms with Gasteiger partial charge in [0.15, 0.2) is 5.82 Å². The van der Waals surface area contributed by atoms with Crippen LogP contribution in [-0.4, -0.2) is 19.3 Å². The highest BCUT2D eigenvalue weighted by Crippen LogP contribution is 2.21. The van der Waals surface area contributed by atoms with E-state index in [0.29, 0.717) is 10.3 Å². The quantitative estimate of drug-likeness (QED) is 0.725. The second-order valence-electron chi connectivity index (χ2n) is 2.39. The minimum absolute atomic E-state index is 0.429. The summed E-state index contributed by atoms with van der Waals surface area (Å²) in [6, 6.07) is 0. The lowest BCUT2D eigenvalue weighted by Gasteiger charge is -1.96. The van der Waals surface area contributed by atoms with Crippen molar-refractivity contribution in [2.24, 2.45) is 0 Å². The van der Waals surface area contributed by atoms with Crippen molar-refractivity contribution in [2.75, 3.05) is 0 Å². The summed E-state index contributed by atoms with van der Waals surface area (Å²) in [7, 11) is 0. The van der Waals surface area contributed by atoms with Crippen LogP contribution in [0.15, 0.2) is 12.5 Å². The van der Waals surface area contributed by atoms with Gasteiger partial charge in [0, 0.05) is 6.20 Å². The van der Waals surface area contributed by atoms with Crippen molar-refractivity contribution in [3.8, 4) is 11.4 Å². The Morgan fingerprint density at radius 3 is 2.92 bits per heavy atom. The third-order valence-electron chi connectivity index (χ3n) is 1.55. The van der Waals surface area contributed by atoms with E-state index in [0.717, 1.165) is 22.8 Å². The van der Waals surface area contributed by atoms with Gasteiger partial charge in [0.05, 0.1) is 11.3 Å². The molecule has 66 valence electrons. The predicted molar refractivity (Wildman–Crippen MR) is 50.7 cm³/mol. The molecule has 0 spiro atoms. The minimum atomic E-state index is 0.429. The highest BCUT2D eigenvalue weighted by atomic mass is 35.5. The minimum Gasteiger partial charge on any atom is -0.244 e. The molecule has 0 N–H and O–H groups in total. The molecule has 2 aromatic heterocycles. The van der Waals surface area contributed by atoms with E-state index in [1.807, 2.05) is 6.92 Å². The summed E-state index contributed by atoms with van der Waals surface area (Å²) in [5.41, 5.74) is 1.68. The summed E-state index contributed by atoms with van der Waals surface area (Å²) in [5, 5.41) is 0. The third kappa shape index (κ3) is 1.66. The molecule has 0 aliphatic rings. The van der Waals surface area contributed by atoms with Crippen LogP contribution in [-0.2, 0) is 0 Å². The van der Waals surface area contributed by atoms with Crippen molar-refractivity contribution in [1.82, 2.24) is 19.3 Å². The van der Waals surface area contributed by atoms with Gasteiger partial charge in [-0.15, -0.1) is 0 Å². The zero-order valence-corrected chi connectivity index (χ0v) is 8.30. The van der Waals surface area contributed by atoms with Gasteiger partial charge in [-0.05, 0) is 30.1 Å². The molecule has 2 aromatic rings. The summed E-state index contributed by atoms with van der Waals surface area (Å²) < 4.78 is 4.49. The largest absolute Gasteiger partial charge is 0.244 e. The lowest BCUT2D eigenvalue weighted by atomic mass is 10.2. The Balaban J connectivity index is 2.52. The van der Waals surface area contributed by atoms with Crippen LogP contribution < -0.4 is 0 Å². The number of hydrogen-bond acceptors (Lipinski definition) is 5.